The van der Waals surface area contributed by atoms with Crippen molar-refractivity contribution in [1.82, 2.24) is 10.2 Å². The van der Waals surface area contributed by atoms with Crippen LogP contribution in [0.2, 0.25) is 0 Å². The number of nitrogens with two attached hydrogens (primary N) is 1. The normalized spacial score (nSPS) is 10.3. The first-order valence-corrected chi connectivity index (χ1v) is 5.58. The summed E-state index contributed by atoms with van der Waals surface area (Å²) in [7, 11) is -3.62. The van der Waals surface area contributed by atoms with Crippen molar-refractivity contribution < 1.29 is 18.3 Å². The molecule has 8 heteroatoms. The summed E-state index contributed by atoms with van der Waals surface area (Å²) in [5, 5.41) is 18.2. The molecule has 86 valence electrons. The first-order chi connectivity index (χ1) is 6.79. The standard InChI is InChI=1S/C5H9N3O2S.C2H4O2/c1-2-4-3-7-8-5(4)11(6,9)10;1-2(3)4/h3H,2H2,1H3,(H,7,8)(H2,6,9,10);1H3,(H,3,4). The molecule has 0 atom stereocenters. The second-order valence-corrected chi connectivity index (χ2v) is 4.14. The molecule has 0 amide bonds. The van der Waals surface area contributed by atoms with Crippen LogP contribution in [0, 0.1) is 0 Å². The number of carbonyl (C=O) groups is 1. The van der Waals surface area contributed by atoms with Crippen molar-refractivity contribution in [3.63, 3.8) is 0 Å². The Labute approximate surface area is 87.4 Å². The van der Waals surface area contributed by atoms with Crippen LogP contribution in [0.5, 0.6) is 0 Å². The number of nitrogens with zero attached hydrogens (tertiary/aromatic N) is 1. The van der Waals surface area contributed by atoms with E-state index in [0.717, 1.165) is 6.92 Å². The van der Waals surface area contributed by atoms with Crippen LogP contribution in [-0.4, -0.2) is 29.7 Å². The highest BCUT2D eigenvalue weighted by Gasteiger charge is 2.13. The molecule has 0 unspecified atom stereocenters. The smallest absolute Gasteiger partial charge is 0.300 e. The lowest BCUT2D eigenvalue weighted by molar-refractivity contribution is -0.134. The molecule has 1 heterocycles. The molecule has 0 spiro atoms. The zero-order chi connectivity index (χ0) is 12.1. The Bertz CT molecular complexity index is 419. The van der Waals surface area contributed by atoms with Crippen molar-refractivity contribution in [2.24, 2.45) is 5.14 Å². The minimum Gasteiger partial charge on any atom is -0.481 e. The molecule has 1 aromatic heterocycles. The van der Waals surface area contributed by atoms with E-state index < -0.39 is 16.0 Å². The van der Waals surface area contributed by atoms with Crippen molar-refractivity contribution in [2.75, 3.05) is 0 Å². The SMILES string of the molecule is CC(=O)O.CCc1cn[nH]c1S(N)(=O)=O. The fraction of sp³-hybridized carbons (Fsp3) is 0.429. The lowest BCUT2D eigenvalue weighted by atomic mass is 10.3. The van der Waals surface area contributed by atoms with Crippen molar-refractivity contribution in [1.29, 1.82) is 0 Å². The molecule has 15 heavy (non-hydrogen) atoms. The van der Waals surface area contributed by atoms with Crippen LogP contribution in [0.25, 0.3) is 0 Å². The van der Waals surface area contributed by atoms with Crippen molar-refractivity contribution in [2.45, 2.75) is 25.3 Å². The Kier molecular flexibility index (Phi) is 4.95. The largest absolute Gasteiger partial charge is 0.481 e. The van der Waals surface area contributed by atoms with E-state index in [1.165, 1.54) is 6.20 Å². The maximum Gasteiger partial charge on any atom is 0.300 e. The molecule has 0 aliphatic carbocycles. The van der Waals surface area contributed by atoms with Gasteiger partial charge < -0.3 is 5.11 Å². The quantitative estimate of drug-likeness (QED) is 0.649. The minimum absolute atomic E-state index is 0.0139. The molecule has 1 aromatic rings. The highest BCUT2D eigenvalue weighted by Crippen LogP contribution is 2.09. The third-order valence-corrected chi connectivity index (χ3v) is 2.27. The molecular weight excluding hydrogens is 222 g/mol. The van der Waals surface area contributed by atoms with Gasteiger partial charge in [0, 0.05) is 12.5 Å². The summed E-state index contributed by atoms with van der Waals surface area (Å²) in [4.78, 5) is 9.00. The summed E-state index contributed by atoms with van der Waals surface area (Å²) in [6, 6.07) is 0. The van der Waals surface area contributed by atoms with Gasteiger partial charge in [0.15, 0.2) is 5.03 Å². The molecule has 7 nitrogen and oxygen atoms in total. The predicted octanol–water partition coefficient (Wildman–Crippen LogP) is -0.290. The lowest BCUT2D eigenvalue weighted by Gasteiger charge is -1.94. The zero-order valence-electron chi connectivity index (χ0n) is 8.39. The first-order valence-electron chi connectivity index (χ1n) is 4.03. The summed E-state index contributed by atoms with van der Waals surface area (Å²) in [6.07, 6.45) is 2.06. The van der Waals surface area contributed by atoms with E-state index in [2.05, 4.69) is 10.2 Å². The fourth-order valence-corrected chi connectivity index (χ4v) is 1.54. The minimum atomic E-state index is -3.62. The second-order valence-electron chi connectivity index (χ2n) is 2.64. The molecule has 0 radical (unpaired) electrons. The van der Waals surface area contributed by atoms with E-state index >= 15 is 0 Å². The van der Waals surface area contributed by atoms with Gasteiger partial charge in [0.05, 0.1) is 6.20 Å². The number of hydrogen-bond donors (Lipinski definition) is 3. The third-order valence-electron chi connectivity index (χ3n) is 1.34. The van der Waals surface area contributed by atoms with Gasteiger partial charge in [-0.05, 0) is 6.42 Å². The molecule has 0 fully saturated rings. The number of aliphatic carboxylic acids is 1. The summed E-state index contributed by atoms with van der Waals surface area (Å²) in [5.41, 5.74) is 0.618. The Morgan fingerprint density at radius 2 is 2.13 bits per heavy atom. The summed E-state index contributed by atoms with van der Waals surface area (Å²) < 4.78 is 21.6. The number of carboxylic acid groups (broad SMARTS) is 1. The Balaban J connectivity index is 0.000000423. The predicted molar refractivity (Wildman–Crippen MR) is 52.6 cm³/mol. The van der Waals surface area contributed by atoms with Gasteiger partial charge in [0.1, 0.15) is 0 Å². The maximum absolute atomic E-state index is 10.8. The highest BCUT2D eigenvalue weighted by molar-refractivity contribution is 7.89. The number of aryl methyl sites for hydroxylation is 1. The number of aromatic nitrogens is 2. The van der Waals surface area contributed by atoms with E-state index in [4.69, 9.17) is 15.0 Å². The van der Waals surface area contributed by atoms with E-state index in [1.54, 1.807) is 0 Å². The maximum atomic E-state index is 10.8. The van der Waals surface area contributed by atoms with Gasteiger partial charge in [-0.2, -0.15) is 5.10 Å². The summed E-state index contributed by atoms with van der Waals surface area (Å²) in [6.45, 7) is 2.92. The van der Waals surface area contributed by atoms with E-state index in [1.807, 2.05) is 6.92 Å². The number of carboxylic acids is 1. The number of aromatic amines is 1. The van der Waals surface area contributed by atoms with Crippen LogP contribution >= 0.6 is 0 Å². The van der Waals surface area contributed by atoms with Gasteiger partial charge in [-0.25, -0.2) is 13.6 Å². The van der Waals surface area contributed by atoms with E-state index in [-0.39, 0.29) is 5.03 Å². The molecule has 0 saturated carbocycles. The van der Waals surface area contributed by atoms with Gasteiger partial charge >= 0.3 is 0 Å². The number of H-pyrrole nitrogens is 1. The monoisotopic (exact) mass is 235 g/mol. The Hall–Kier alpha value is -1.41. The number of primary sulfonamides is 1. The Morgan fingerprint density at radius 3 is 2.40 bits per heavy atom. The molecule has 0 saturated heterocycles. The summed E-state index contributed by atoms with van der Waals surface area (Å²) in [5.74, 6) is -0.833. The molecule has 0 aliphatic rings. The molecular formula is C7H13N3O4S. The van der Waals surface area contributed by atoms with E-state index in [0.29, 0.717) is 12.0 Å². The van der Waals surface area contributed by atoms with Gasteiger partial charge in [0.2, 0.25) is 0 Å². The lowest BCUT2D eigenvalue weighted by Crippen LogP contribution is -2.14. The third kappa shape index (κ3) is 5.13. The van der Waals surface area contributed by atoms with Gasteiger partial charge in [-0.1, -0.05) is 6.92 Å². The fourth-order valence-electron chi connectivity index (χ4n) is 0.797. The van der Waals surface area contributed by atoms with Crippen LogP contribution in [-0.2, 0) is 21.2 Å². The first kappa shape index (κ1) is 13.6. The zero-order valence-corrected chi connectivity index (χ0v) is 9.21. The van der Waals surface area contributed by atoms with Crippen LogP contribution < -0.4 is 5.14 Å². The Morgan fingerprint density at radius 1 is 1.67 bits per heavy atom. The molecule has 0 bridgehead atoms. The van der Waals surface area contributed by atoms with Gasteiger partial charge in [0.25, 0.3) is 16.0 Å². The van der Waals surface area contributed by atoms with Crippen LogP contribution in [0.1, 0.15) is 19.4 Å². The van der Waals surface area contributed by atoms with Crippen LogP contribution in [0.15, 0.2) is 11.2 Å². The summed E-state index contributed by atoms with van der Waals surface area (Å²) >= 11 is 0. The second kappa shape index (κ2) is 5.47. The highest BCUT2D eigenvalue weighted by atomic mass is 32.2. The average Bonchev–Trinajstić information content (AvgIpc) is 2.48. The number of rotatable bonds is 2. The number of sulfonamides is 1. The van der Waals surface area contributed by atoms with Gasteiger partial charge in [-0.15, -0.1) is 0 Å². The molecule has 1 rings (SSSR count). The molecule has 0 aliphatic heterocycles. The van der Waals surface area contributed by atoms with Gasteiger partial charge in [-0.3, -0.25) is 9.89 Å². The van der Waals surface area contributed by atoms with Crippen LogP contribution in [0.3, 0.4) is 0 Å². The van der Waals surface area contributed by atoms with Crippen LogP contribution in [0.4, 0.5) is 0 Å². The average molecular weight is 235 g/mol. The van der Waals surface area contributed by atoms with E-state index in [9.17, 15) is 8.42 Å². The number of hydrogen-bond acceptors (Lipinski definition) is 4. The van der Waals surface area contributed by atoms with Crippen molar-refractivity contribution >= 4 is 16.0 Å². The number of nitrogens with one attached hydrogen (secondary N) is 1. The molecule has 4 N–H and O–H groups in total. The topological polar surface area (TPSA) is 126 Å². The van der Waals surface area contributed by atoms with Crippen molar-refractivity contribution in [3.8, 4) is 0 Å². The molecule has 0 aromatic carbocycles. The van der Waals surface area contributed by atoms with Crippen molar-refractivity contribution in [3.05, 3.63) is 11.8 Å².